The molecule has 0 fully saturated rings. The molecule has 0 unspecified atom stereocenters. The zero-order valence-corrected chi connectivity index (χ0v) is 15.0. The Morgan fingerprint density at radius 2 is 1.48 bits per heavy atom. The third-order valence-corrected chi connectivity index (χ3v) is 2.93. The number of hydrazine groups is 1. The highest BCUT2D eigenvalue weighted by Crippen LogP contribution is 2.34. The van der Waals surface area contributed by atoms with Crippen molar-refractivity contribution < 1.29 is 19.0 Å². The summed E-state index contributed by atoms with van der Waals surface area (Å²) in [7, 11) is 4.47. The van der Waals surface area contributed by atoms with Crippen molar-refractivity contribution in [2.24, 2.45) is 0 Å². The van der Waals surface area contributed by atoms with Gasteiger partial charge in [-0.1, -0.05) is 0 Å². The first-order valence-electron chi connectivity index (χ1n) is 6.90. The Labute approximate surface area is 141 Å². The number of hydrogen-bond acceptors (Lipinski definition) is 5. The van der Waals surface area contributed by atoms with Gasteiger partial charge in [-0.05, 0) is 33.0 Å². The zero-order valence-electron chi connectivity index (χ0n) is 14.2. The van der Waals surface area contributed by atoms with E-state index >= 15 is 0 Å². The number of methoxy groups -OCH3 is 3. The molecule has 0 aromatic heterocycles. The van der Waals surface area contributed by atoms with Crippen LogP contribution in [-0.2, 0) is 0 Å². The monoisotopic (exact) mass is 341 g/mol. The van der Waals surface area contributed by atoms with Crippen LogP contribution < -0.4 is 30.4 Å². The molecule has 23 heavy (non-hydrogen) atoms. The van der Waals surface area contributed by atoms with Crippen molar-refractivity contribution in [3.8, 4) is 17.2 Å². The molecular weight excluding hydrogens is 318 g/mol. The van der Waals surface area contributed by atoms with Gasteiger partial charge in [-0.3, -0.25) is 15.6 Å². The maximum absolute atomic E-state index is 12.3. The molecule has 0 saturated carbocycles. The van der Waals surface area contributed by atoms with E-state index in [0.29, 0.717) is 22.4 Å². The molecule has 1 aromatic rings. The molecule has 0 atom stereocenters. The van der Waals surface area contributed by atoms with E-state index in [9.17, 15) is 4.79 Å². The Kier molecular flexibility index (Phi) is 6.44. The Hall–Kier alpha value is -2.22. The Morgan fingerprint density at radius 1 is 0.957 bits per heavy atom. The summed E-state index contributed by atoms with van der Waals surface area (Å²) >= 11 is 5.11. The van der Waals surface area contributed by atoms with Crippen LogP contribution in [0.2, 0.25) is 0 Å². The fourth-order valence-corrected chi connectivity index (χ4v) is 2.12. The molecule has 1 amide bonds. The third-order valence-electron chi connectivity index (χ3n) is 2.73. The predicted molar refractivity (Wildman–Crippen MR) is 92.2 cm³/mol. The van der Waals surface area contributed by atoms with Gasteiger partial charge in [-0.15, -0.1) is 0 Å². The molecule has 7 nitrogen and oxygen atoms in total. The lowest BCUT2D eigenvalue weighted by Gasteiger charge is -2.23. The van der Waals surface area contributed by atoms with Crippen LogP contribution in [0.4, 0.5) is 0 Å². The summed E-state index contributed by atoms with van der Waals surface area (Å²) in [4.78, 5) is 12.3. The highest BCUT2D eigenvalue weighted by Gasteiger charge is 2.18. The van der Waals surface area contributed by atoms with Crippen LogP contribution in [-0.4, -0.2) is 37.9 Å². The SMILES string of the molecule is COc1cc(OC)c(C(=O)NNC(=S)NC(C)(C)C)cc1OC. The number of nitrogens with one attached hydrogen (secondary N) is 3. The summed E-state index contributed by atoms with van der Waals surface area (Å²) in [6, 6.07) is 3.12. The summed E-state index contributed by atoms with van der Waals surface area (Å²) in [5.41, 5.74) is 5.24. The van der Waals surface area contributed by atoms with Gasteiger partial charge in [0, 0.05) is 17.7 Å². The van der Waals surface area contributed by atoms with E-state index in [1.165, 1.54) is 27.4 Å². The predicted octanol–water partition coefficient (Wildman–Crippen LogP) is 1.62. The zero-order chi connectivity index (χ0) is 17.6. The second-order valence-electron chi connectivity index (χ2n) is 5.69. The number of carbonyl (C=O) groups excluding carboxylic acids is 1. The van der Waals surface area contributed by atoms with Crippen LogP contribution >= 0.6 is 12.2 Å². The number of carbonyl (C=O) groups is 1. The lowest BCUT2D eigenvalue weighted by molar-refractivity contribution is 0.0939. The van der Waals surface area contributed by atoms with Crippen molar-refractivity contribution in [2.75, 3.05) is 21.3 Å². The Balaban J connectivity index is 2.89. The molecule has 0 aliphatic heterocycles. The molecule has 1 rings (SSSR count). The van der Waals surface area contributed by atoms with Crippen LogP contribution in [0.5, 0.6) is 17.2 Å². The minimum atomic E-state index is -0.416. The normalized spacial score (nSPS) is 10.5. The first-order valence-corrected chi connectivity index (χ1v) is 7.31. The summed E-state index contributed by atoms with van der Waals surface area (Å²) < 4.78 is 15.6. The second kappa shape index (κ2) is 7.87. The topological polar surface area (TPSA) is 80.9 Å². The summed E-state index contributed by atoms with van der Waals surface area (Å²) in [6.07, 6.45) is 0. The van der Waals surface area contributed by atoms with Gasteiger partial charge in [0.05, 0.1) is 26.9 Å². The van der Waals surface area contributed by atoms with Gasteiger partial charge in [-0.2, -0.15) is 0 Å². The van der Waals surface area contributed by atoms with Crippen molar-refractivity contribution in [1.29, 1.82) is 0 Å². The van der Waals surface area contributed by atoms with Gasteiger partial charge in [0.1, 0.15) is 5.75 Å². The summed E-state index contributed by atoms with van der Waals surface area (Å²) in [5, 5.41) is 3.34. The molecule has 0 bridgehead atoms. The van der Waals surface area contributed by atoms with Crippen LogP contribution in [0, 0.1) is 0 Å². The standard InChI is InChI=1S/C15H23N3O4S/c1-15(2,3)16-14(23)18-17-13(19)9-7-11(21-5)12(22-6)8-10(9)20-4/h7-8H,1-6H3,(H,17,19)(H2,16,18,23). The van der Waals surface area contributed by atoms with Gasteiger partial charge in [0.15, 0.2) is 16.6 Å². The molecule has 0 heterocycles. The third kappa shape index (κ3) is 5.48. The van der Waals surface area contributed by atoms with Crippen molar-refractivity contribution >= 4 is 23.2 Å². The lowest BCUT2D eigenvalue weighted by Crippen LogP contribution is -2.52. The fourth-order valence-electron chi connectivity index (χ4n) is 1.76. The fraction of sp³-hybridized carbons (Fsp3) is 0.467. The van der Waals surface area contributed by atoms with E-state index in [0.717, 1.165) is 0 Å². The molecule has 128 valence electrons. The minimum absolute atomic E-state index is 0.212. The highest BCUT2D eigenvalue weighted by molar-refractivity contribution is 7.80. The molecule has 8 heteroatoms. The Morgan fingerprint density at radius 3 is 1.96 bits per heavy atom. The summed E-state index contributed by atoms with van der Waals surface area (Å²) in [6.45, 7) is 5.88. The van der Waals surface area contributed by atoms with E-state index in [1.807, 2.05) is 20.8 Å². The highest BCUT2D eigenvalue weighted by atomic mass is 32.1. The van der Waals surface area contributed by atoms with Gasteiger partial charge in [-0.25, -0.2) is 0 Å². The van der Waals surface area contributed by atoms with Crippen molar-refractivity contribution in [3.63, 3.8) is 0 Å². The number of rotatable bonds is 4. The number of thiocarbonyl (C=S) groups is 1. The second-order valence-corrected chi connectivity index (χ2v) is 6.10. The number of benzene rings is 1. The van der Waals surface area contributed by atoms with E-state index < -0.39 is 5.91 Å². The molecule has 1 aromatic carbocycles. The van der Waals surface area contributed by atoms with Crippen LogP contribution in [0.1, 0.15) is 31.1 Å². The van der Waals surface area contributed by atoms with Gasteiger partial charge in [0.2, 0.25) is 0 Å². The molecule has 0 aliphatic rings. The van der Waals surface area contributed by atoms with Gasteiger partial charge < -0.3 is 19.5 Å². The minimum Gasteiger partial charge on any atom is -0.496 e. The number of ether oxygens (including phenoxy) is 3. The maximum Gasteiger partial charge on any atom is 0.273 e. The quantitative estimate of drug-likeness (QED) is 0.567. The van der Waals surface area contributed by atoms with Crippen LogP contribution in [0.25, 0.3) is 0 Å². The average Bonchev–Trinajstić information content (AvgIpc) is 2.49. The Bertz CT molecular complexity index is 585. The first-order chi connectivity index (χ1) is 10.7. The lowest BCUT2D eigenvalue weighted by atomic mass is 10.1. The van der Waals surface area contributed by atoms with E-state index in [1.54, 1.807) is 6.07 Å². The number of hydrogen-bond donors (Lipinski definition) is 3. The van der Waals surface area contributed by atoms with E-state index in [2.05, 4.69) is 16.2 Å². The summed E-state index contributed by atoms with van der Waals surface area (Å²) in [5.74, 6) is 0.838. The average molecular weight is 341 g/mol. The van der Waals surface area contributed by atoms with Crippen LogP contribution in [0.15, 0.2) is 12.1 Å². The molecule has 0 saturated heterocycles. The number of amides is 1. The molecule has 0 radical (unpaired) electrons. The van der Waals surface area contributed by atoms with E-state index in [4.69, 9.17) is 26.4 Å². The largest absolute Gasteiger partial charge is 0.496 e. The maximum atomic E-state index is 12.3. The van der Waals surface area contributed by atoms with Crippen molar-refractivity contribution in [3.05, 3.63) is 17.7 Å². The van der Waals surface area contributed by atoms with Crippen molar-refractivity contribution in [1.82, 2.24) is 16.2 Å². The van der Waals surface area contributed by atoms with Crippen molar-refractivity contribution in [2.45, 2.75) is 26.3 Å². The first kappa shape index (κ1) is 18.8. The molecule has 3 N–H and O–H groups in total. The van der Waals surface area contributed by atoms with E-state index in [-0.39, 0.29) is 11.1 Å². The molecule has 0 spiro atoms. The molecular formula is C15H23N3O4S. The smallest absolute Gasteiger partial charge is 0.273 e. The van der Waals surface area contributed by atoms with Gasteiger partial charge in [0.25, 0.3) is 5.91 Å². The molecule has 0 aliphatic carbocycles. The van der Waals surface area contributed by atoms with Gasteiger partial charge >= 0.3 is 0 Å². The van der Waals surface area contributed by atoms with Crippen LogP contribution in [0.3, 0.4) is 0 Å².